The fourth-order valence-electron chi connectivity index (χ4n) is 16.4. The van der Waals surface area contributed by atoms with E-state index in [0.717, 1.165) is 50.5 Å². The van der Waals surface area contributed by atoms with Crippen LogP contribution in [0.15, 0.2) is 11.6 Å². The Labute approximate surface area is 495 Å². The molecule has 5 saturated heterocycles. The molecule has 10 N–H and O–H groups in total. The zero-order valence-electron chi connectivity index (χ0n) is 48.0. The Morgan fingerprint density at radius 3 is 1.90 bits per heavy atom. The van der Waals surface area contributed by atoms with Gasteiger partial charge in [-0.25, -0.2) is 8.42 Å². The maximum Gasteiger partial charge on any atom is 1.00 e. The number of aliphatic hydroxyl groups is 10. The molecule has 1 spiro atoms. The molecule has 4 aliphatic carbocycles. The Balaban J connectivity index is 0.00000860. The molecular formula is C54H87NaO25S. The molecule has 3 unspecified atom stereocenters. The third kappa shape index (κ3) is 11.5. The summed E-state index contributed by atoms with van der Waals surface area (Å²) in [7, 11) is -4.24. The smallest absolute Gasteiger partial charge is 0.726 e. The van der Waals surface area contributed by atoms with E-state index >= 15 is 0 Å². The molecule has 0 aromatic rings. The molecule has 25 nitrogen and oxygen atoms in total. The number of esters is 1. The number of cyclic esters (lactones) is 1. The third-order valence-electron chi connectivity index (χ3n) is 20.6. The fraction of sp³-hybridized carbons (Fsp3) is 0.944. The van der Waals surface area contributed by atoms with Crippen LogP contribution < -0.4 is 29.6 Å². The van der Waals surface area contributed by atoms with Crippen LogP contribution in [0.2, 0.25) is 0 Å². The van der Waals surface area contributed by atoms with Gasteiger partial charge < -0.3 is 103 Å². The van der Waals surface area contributed by atoms with Crippen LogP contribution in [0.25, 0.3) is 0 Å². The van der Waals surface area contributed by atoms with Crippen LogP contribution in [-0.4, -0.2) is 231 Å². The molecule has 0 amide bonds. The number of carbonyl (C=O) groups excluding carboxylic acids is 1. The number of ether oxygens (including phenoxy) is 10. The molecule has 27 heteroatoms. The van der Waals surface area contributed by atoms with E-state index in [1.165, 1.54) is 14.0 Å². The van der Waals surface area contributed by atoms with E-state index in [1.54, 1.807) is 0 Å². The van der Waals surface area contributed by atoms with Gasteiger partial charge in [0.1, 0.15) is 96.5 Å². The van der Waals surface area contributed by atoms with Gasteiger partial charge in [0.05, 0.1) is 38.1 Å². The number of hydrogen-bond donors (Lipinski definition) is 10. The second-order valence-corrected chi connectivity index (χ2v) is 26.9. The maximum absolute atomic E-state index is 14.4. The van der Waals surface area contributed by atoms with Gasteiger partial charge in [-0.15, -0.1) is 0 Å². The third-order valence-corrected chi connectivity index (χ3v) is 21.1. The Hall–Kier alpha value is -0.680. The summed E-state index contributed by atoms with van der Waals surface area (Å²) in [4.78, 5) is 14.4. The van der Waals surface area contributed by atoms with Crippen LogP contribution in [0.3, 0.4) is 0 Å². The zero-order chi connectivity index (χ0) is 58.6. The zero-order valence-corrected chi connectivity index (χ0v) is 50.8. The van der Waals surface area contributed by atoms with Gasteiger partial charge in [-0.2, -0.15) is 0 Å². The Kier molecular flexibility index (Phi) is 20.2. The summed E-state index contributed by atoms with van der Waals surface area (Å²) in [5.74, 6) is 0.0200. The van der Waals surface area contributed by atoms with Crippen molar-refractivity contribution >= 4 is 16.4 Å². The first-order chi connectivity index (χ1) is 37.4. The van der Waals surface area contributed by atoms with Crippen LogP contribution in [0, 0.1) is 45.3 Å². The molecule has 5 heterocycles. The van der Waals surface area contributed by atoms with Gasteiger partial charge >= 0.3 is 35.5 Å². The predicted octanol–water partition coefficient (Wildman–Crippen LogP) is -3.85. The molecule has 0 radical (unpaired) electrons. The standard InChI is InChI=1S/C54H88O25S.Na/c1-23(2)11-10-16-53(8)31-14-18-52(7)25-12-13-30-50(4,5)33(15-17-51(30,6)26(25)19-32(57)54(31,52)49(65)78-53)74-48-44(36(60)29(22-70-48)79-80(66,67)68)77-45-38(62)37(61)41(24(3)71-45)75-47-40(64)43(35(59)28(21-56)73-47)76-46-39(63)42(69-9)34(58)27(20-55)72-46;/h19,23-25,27-48,55-64H,10-18,20-22H2,1-9H3,(H,66,67,68);/q;+1/p-1/t24-,25-,27+,28+,29-,30+,31-,32-,33+,34-,35-,36+,37-,38-,39+,40?,41-,42+,43+,44?,45+,46+,47+,48+,51-,52+,53?,54-;/m1./s1. The molecule has 9 aliphatic rings. The Morgan fingerprint density at radius 2 is 1.30 bits per heavy atom. The van der Waals surface area contributed by atoms with Crippen molar-refractivity contribution in [2.24, 2.45) is 45.3 Å². The molecule has 0 aromatic heterocycles. The molecule has 9 rings (SSSR count). The van der Waals surface area contributed by atoms with Gasteiger partial charge in [0.2, 0.25) is 10.4 Å². The minimum Gasteiger partial charge on any atom is -0.726 e. The molecule has 3 saturated carbocycles. The summed E-state index contributed by atoms with van der Waals surface area (Å²) >= 11 is 0. The maximum atomic E-state index is 14.4. The molecular weight excluding hydrogens is 1100 g/mol. The van der Waals surface area contributed by atoms with Crippen LogP contribution in [0.4, 0.5) is 0 Å². The van der Waals surface area contributed by atoms with Gasteiger partial charge in [0.15, 0.2) is 25.2 Å². The average molecular weight is 1190 g/mol. The number of rotatable bonds is 17. The number of hydrogen-bond acceptors (Lipinski definition) is 25. The summed E-state index contributed by atoms with van der Waals surface area (Å²) in [5.41, 5.74) is -2.29. The molecule has 28 atom stereocenters. The predicted molar refractivity (Wildman–Crippen MR) is 270 cm³/mol. The summed E-state index contributed by atoms with van der Waals surface area (Å²) in [5, 5.41) is 112. The summed E-state index contributed by atoms with van der Waals surface area (Å²) in [6, 6.07) is 0. The first-order valence-electron chi connectivity index (χ1n) is 28.4. The summed E-state index contributed by atoms with van der Waals surface area (Å²) in [6.45, 7) is 14.1. The number of methoxy groups -OCH3 is 1. The number of fused-ring (bicyclic) bond motifs is 4. The van der Waals surface area contributed by atoms with Crippen molar-refractivity contribution in [1.29, 1.82) is 0 Å². The molecule has 81 heavy (non-hydrogen) atoms. The monoisotopic (exact) mass is 1190 g/mol. The van der Waals surface area contributed by atoms with Crippen LogP contribution in [0.1, 0.15) is 113 Å². The van der Waals surface area contributed by atoms with Gasteiger partial charge in [0.25, 0.3) is 0 Å². The quantitative estimate of drug-likeness (QED) is 0.0166. The minimum absolute atomic E-state index is 0. The first-order valence-corrected chi connectivity index (χ1v) is 29.8. The van der Waals surface area contributed by atoms with Gasteiger partial charge in [-0.1, -0.05) is 59.6 Å². The van der Waals surface area contributed by atoms with Crippen molar-refractivity contribution < 1.29 is 150 Å². The van der Waals surface area contributed by atoms with Crippen molar-refractivity contribution in [1.82, 2.24) is 0 Å². The van der Waals surface area contributed by atoms with E-state index in [1.807, 2.05) is 13.0 Å². The van der Waals surface area contributed by atoms with Crippen LogP contribution >= 0.6 is 0 Å². The largest absolute Gasteiger partial charge is 1.00 e. The van der Waals surface area contributed by atoms with E-state index in [2.05, 4.69) is 45.7 Å². The van der Waals surface area contributed by atoms with Crippen molar-refractivity contribution in [2.45, 2.75) is 248 Å². The molecule has 5 aliphatic heterocycles. The fourth-order valence-corrected chi connectivity index (χ4v) is 16.9. The minimum atomic E-state index is -5.42. The topological polar surface area (TPSA) is 378 Å². The normalized spacial score (nSPS) is 50.6. The number of carbonyl (C=O) groups is 1. The van der Waals surface area contributed by atoms with Crippen molar-refractivity contribution in [3.8, 4) is 0 Å². The second-order valence-electron chi connectivity index (χ2n) is 25.9. The van der Waals surface area contributed by atoms with E-state index in [9.17, 15) is 68.8 Å². The molecule has 8 fully saturated rings. The summed E-state index contributed by atoms with van der Waals surface area (Å²) in [6.07, 6.45) is -25.2. The first kappa shape index (κ1) is 66.3. The van der Waals surface area contributed by atoms with Gasteiger partial charge in [-0.3, -0.25) is 8.98 Å². The molecule has 0 bridgehead atoms. The van der Waals surface area contributed by atoms with Crippen LogP contribution in [-0.2, 0) is 66.7 Å². The van der Waals surface area contributed by atoms with Crippen LogP contribution in [0.5, 0.6) is 0 Å². The number of allylic oxidation sites excluding steroid dienone is 1. The average Bonchev–Trinajstić information content (AvgIpc) is 2.10. The Morgan fingerprint density at radius 1 is 0.704 bits per heavy atom. The molecule has 0 aromatic carbocycles. The van der Waals surface area contributed by atoms with Crippen molar-refractivity contribution in [3.63, 3.8) is 0 Å². The van der Waals surface area contributed by atoms with Crippen molar-refractivity contribution in [3.05, 3.63) is 11.6 Å². The van der Waals surface area contributed by atoms with Crippen molar-refractivity contribution in [2.75, 3.05) is 26.9 Å². The second kappa shape index (κ2) is 24.7. The number of aliphatic hydroxyl groups excluding tert-OH is 10. The van der Waals surface area contributed by atoms with E-state index in [4.69, 9.17) is 47.4 Å². The van der Waals surface area contributed by atoms with E-state index in [-0.39, 0.29) is 53.3 Å². The van der Waals surface area contributed by atoms with Gasteiger partial charge in [-0.05, 0) is 99.2 Å². The van der Waals surface area contributed by atoms with Gasteiger partial charge in [0, 0.05) is 13.0 Å². The van der Waals surface area contributed by atoms with E-state index in [0.29, 0.717) is 18.8 Å². The summed E-state index contributed by atoms with van der Waals surface area (Å²) < 4.78 is 99.9. The Bertz CT molecular complexity index is 2340. The SMILES string of the molecule is CO[C@@H]1[C@H](O)[C@H](O[C@@H]2C(O)[C@H](O[C@H]3[C@H](O)[C@@H](O)[C@H](OC4[C@H](O[C@H]5CC[C@]6(C)C7=C[C@@H](O)[C@@]89C(=O)OC(C)(CCCC(C)C)[C@H]8CC[C@@]9(C)[C@@H]7CC[C@H]6C5(C)C)OC[C@@H](OS(=O)(=O)[O-])[C@@H]4O)O[C@@H]3C)O[C@@H](CO)[C@H]2O)O[C@@H](CO)[C@H]1O.[Na+]. The van der Waals surface area contributed by atoms with E-state index < -0.39 is 186 Å². The molecule has 460 valence electrons.